The molecule has 3 aliphatic heterocycles. The average Bonchev–Trinajstić information content (AvgIpc) is 3.18. The maximum Gasteiger partial charge on any atom is 0.410 e. The molecule has 0 bridgehead atoms. The van der Waals surface area contributed by atoms with Gasteiger partial charge < -0.3 is 19.3 Å². The summed E-state index contributed by atoms with van der Waals surface area (Å²) in [5, 5.41) is 2.31. The highest BCUT2D eigenvalue weighted by molar-refractivity contribution is 6.07. The Hall–Kier alpha value is -2.94. The Morgan fingerprint density at radius 2 is 1.94 bits per heavy atom. The Kier molecular flexibility index (Phi) is 6.59. The predicted molar refractivity (Wildman–Crippen MR) is 115 cm³/mol. The molecule has 1 aromatic rings. The predicted octanol–water partition coefficient (Wildman–Crippen LogP) is 1.56. The number of amides is 4. The van der Waals surface area contributed by atoms with Crippen molar-refractivity contribution in [3.05, 3.63) is 35.9 Å². The van der Waals surface area contributed by atoms with Gasteiger partial charge >= 0.3 is 6.09 Å². The van der Waals surface area contributed by atoms with Crippen LogP contribution < -0.4 is 5.32 Å². The Labute approximate surface area is 188 Å². The summed E-state index contributed by atoms with van der Waals surface area (Å²) < 4.78 is 11.3. The van der Waals surface area contributed by atoms with E-state index in [0.29, 0.717) is 13.0 Å². The van der Waals surface area contributed by atoms with Crippen LogP contribution in [0.4, 0.5) is 4.79 Å². The summed E-state index contributed by atoms with van der Waals surface area (Å²) in [6.07, 6.45) is -0.847. The van der Waals surface area contributed by atoms with Crippen molar-refractivity contribution in [1.29, 1.82) is 0 Å². The van der Waals surface area contributed by atoms with E-state index in [1.165, 1.54) is 11.9 Å². The average molecular weight is 446 g/mol. The first kappa shape index (κ1) is 23.7. The van der Waals surface area contributed by atoms with Crippen molar-refractivity contribution in [2.24, 2.45) is 11.8 Å². The summed E-state index contributed by atoms with van der Waals surface area (Å²) in [4.78, 5) is 53.0. The number of hydrogen-bond donors (Lipinski definition) is 1. The van der Waals surface area contributed by atoms with Gasteiger partial charge in [-0.3, -0.25) is 19.7 Å². The van der Waals surface area contributed by atoms with Crippen LogP contribution in [0.5, 0.6) is 0 Å². The third-order valence-corrected chi connectivity index (χ3v) is 6.30. The number of piperidine rings is 1. The molecule has 4 amide bonds. The monoisotopic (exact) mass is 445 g/mol. The highest BCUT2D eigenvalue weighted by Gasteiger charge is 2.65. The zero-order valence-corrected chi connectivity index (χ0v) is 17.9. The molecule has 3 heterocycles. The van der Waals surface area contributed by atoms with Gasteiger partial charge in [0.1, 0.15) is 13.2 Å². The maximum absolute atomic E-state index is 13.2. The lowest BCUT2D eigenvalue weighted by Crippen LogP contribution is -2.62. The second-order valence-corrected chi connectivity index (χ2v) is 8.93. The number of likely N-dealkylation sites (tertiary alicyclic amines) is 1. The van der Waals surface area contributed by atoms with E-state index < -0.39 is 41.6 Å². The van der Waals surface area contributed by atoms with Crippen LogP contribution in [-0.4, -0.2) is 71.5 Å². The lowest BCUT2D eigenvalue weighted by Gasteiger charge is -2.47. The number of likely N-dealkylation sites (N-methyl/N-ethyl adjacent to an activating group) is 1. The fourth-order valence-electron chi connectivity index (χ4n) is 5.09. The molecule has 0 spiro atoms. The molecule has 0 unspecified atom stereocenters. The lowest BCUT2D eigenvalue weighted by molar-refractivity contribution is -0.152. The van der Waals surface area contributed by atoms with Crippen LogP contribution in [0.25, 0.3) is 0 Å². The summed E-state index contributed by atoms with van der Waals surface area (Å²) in [6, 6.07) is 8.72. The highest BCUT2D eigenvalue weighted by Crippen LogP contribution is 2.47. The molecule has 9 nitrogen and oxygen atoms in total. The molecule has 1 N–H and O–H groups in total. The Balaban J connectivity index is 0.00000289. The molecular weight excluding hydrogens is 414 g/mol. The summed E-state index contributed by atoms with van der Waals surface area (Å²) in [5.41, 5.74) is 0.0601. The number of nitrogens with zero attached hydrogens (tertiary/aromatic N) is 2. The standard InChI is InChI=1S/C22H27N3O6.CH4/c1-13-9-22(2)18(16-17(31-22)20(28)23-19(16)27)25(10-13)15(26)11-24(3)21(29)30-12-14-7-5-4-6-8-14;/h4-8,13,16-18H,9-12H2,1-3H3,(H,23,27,28);1H4/t13-,16-,17-,18-,22-;/m0./s1. The summed E-state index contributed by atoms with van der Waals surface area (Å²) >= 11 is 0. The molecule has 0 radical (unpaired) electrons. The van der Waals surface area contributed by atoms with E-state index in [2.05, 4.69) is 5.32 Å². The third kappa shape index (κ3) is 4.21. The zero-order chi connectivity index (χ0) is 22.3. The van der Waals surface area contributed by atoms with Gasteiger partial charge in [-0.1, -0.05) is 44.7 Å². The number of rotatable bonds is 4. The lowest BCUT2D eigenvalue weighted by atomic mass is 9.77. The van der Waals surface area contributed by atoms with Crippen LogP contribution in [0.2, 0.25) is 0 Å². The molecule has 0 aromatic heterocycles. The number of fused-ring (bicyclic) bond motifs is 3. The summed E-state index contributed by atoms with van der Waals surface area (Å²) in [6.45, 7) is 4.20. The van der Waals surface area contributed by atoms with Gasteiger partial charge in [-0.15, -0.1) is 0 Å². The minimum Gasteiger partial charge on any atom is -0.445 e. The molecule has 0 aliphatic carbocycles. The van der Waals surface area contributed by atoms with Crippen LogP contribution in [0, 0.1) is 11.8 Å². The van der Waals surface area contributed by atoms with Gasteiger partial charge in [-0.25, -0.2) is 4.79 Å². The number of carbonyl (C=O) groups is 4. The van der Waals surface area contributed by atoms with Crippen molar-refractivity contribution in [1.82, 2.24) is 15.1 Å². The summed E-state index contributed by atoms with van der Waals surface area (Å²) in [7, 11) is 1.50. The normalized spacial score (nSPS) is 30.7. The van der Waals surface area contributed by atoms with Crippen LogP contribution >= 0.6 is 0 Å². The Morgan fingerprint density at radius 3 is 2.62 bits per heavy atom. The first-order valence-electron chi connectivity index (χ1n) is 10.4. The van der Waals surface area contributed by atoms with Crippen LogP contribution in [0.1, 0.15) is 33.3 Å². The minimum absolute atomic E-state index is 0. The number of carbonyl (C=O) groups excluding carboxylic acids is 4. The Bertz CT molecular complexity index is 906. The molecule has 0 saturated carbocycles. The maximum atomic E-state index is 13.2. The van der Waals surface area contributed by atoms with Gasteiger partial charge in [-0.05, 0) is 24.8 Å². The van der Waals surface area contributed by atoms with Gasteiger partial charge in [0, 0.05) is 13.6 Å². The molecule has 5 atom stereocenters. The van der Waals surface area contributed by atoms with E-state index in [0.717, 1.165) is 5.56 Å². The van der Waals surface area contributed by atoms with Crippen LogP contribution in [0.15, 0.2) is 30.3 Å². The number of ether oxygens (including phenoxy) is 2. The van der Waals surface area contributed by atoms with E-state index in [1.807, 2.05) is 44.2 Å². The zero-order valence-electron chi connectivity index (χ0n) is 17.9. The Morgan fingerprint density at radius 1 is 1.25 bits per heavy atom. The van der Waals surface area contributed by atoms with Crippen molar-refractivity contribution in [3.8, 4) is 0 Å². The largest absolute Gasteiger partial charge is 0.445 e. The van der Waals surface area contributed by atoms with Crippen molar-refractivity contribution in [2.45, 2.75) is 52.0 Å². The number of hydrogen-bond acceptors (Lipinski definition) is 6. The number of benzene rings is 1. The second kappa shape index (κ2) is 8.90. The molecular formula is C23H31N3O6. The molecule has 3 aliphatic rings. The summed E-state index contributed by atoms with van der Waals surface area (Å²) in [5.74, 6) is -1.78. The first-order valence-corrected chi connectivity index (χ1v) is 10.4. The van der Waals surface area contributed by atoms with Crippen molar-refractivity contribution in [3.63, 3.8) is 0 Å². The minimum atomic E-state index is -0.878. The van der Waals surface area contributed by atoms with Gasteiger partial charge in [0.15, 0.2) is 6.10 Å². The molecule has 3 saturated heterocycles. The first-order chi connectivity index (χ1) is 14.7. The van der Waals surface area contributed by atoms with Crippen molar-refractivity contribution >= 4 is 23.8 Å². The smallest absolute Gasteiger partial charge is 0.410 e. The van der Waals surface area contributed by atoms with E-state index in [9.17, 15) is 19.2 Å². The SMILES string of the molecule is C.C[C@@H]1CN(C(=O)CN(C)C(=O)OCc2ccccc2)[C@H]2[C@H]3C(=O)NC(=O)[C@H]3O[C@@]2(C)C1. The molecule has 3 fully saturated rings. The van der Waals surface area contributed by atoms with Gasteiger partial charge in [0.2, 0.25) is 11.8 Å². The molecule has 174 valence electrons. The fourth-order valence-corrected chi connectivity index (χ4v) is 5.09. The molecule has 1 aromatic carbocycles. The highest BCUT2D eigenvalue weighted by atomic mass is 16.6. The topological polar surface area (TPSA) is 105 Å². The van der Waals surface area contributed by atoms with E-state index in [1.54, 1.807) is 4.90 Å². The van der Waals surface area contributed by atoms with Gasteiger partial charge in [0.05, 0.1) is 17.6 Å². The van der Waals surface area contributed by atoms with E-state index in [4.69, 9.17) is 9.47 Å². The molecule has 4 rings (SSSR count). The van der Waals surface area contributed by atoms with Crippen molar-refractivity contribution in [2.75, 3.05) is 20.1 Å². The molecule has 32 heavy (non-hydrogen) atoms. The van der Waals surface area contributed by atoms with Crippen LogP contribution in [-0.2, 0) is 30.5 Å². The van der Waals surface area contributed by atoms with Crippen LogP contribution in [0.3, 0.4) is 0 Å². The van der Waals surface area contributed by atoms with Gasteiger partial charge in [-0.2, -0.15) is 0 Å². The fraction of sp³-hybridized carbons (Fsp3) is 0.565. The second-order valence-electron chi connectivity index (χ2n) is 8.93. The van der Waals surface area contributed by atoms with E-state index >= 15 is 0 Å². The number of nitrogens with one attached hydrogen (secondary N) is 1. The quantitative estimate of drug-likeness (QED) is 0.705. The number of imide groups is 1. The third-order valence-electron chi connectivity index (χ3n) is 6.30. The van der Waals surface area contributed by atoms with Gasteiger partial charge in [0.25, 0.3) is 5.91 Å². The van der Waals surface area contributed by atoms with E-state index in [-0.39, 0.29) is 32.4 Å². The molecule has 9 heteroatoms. The van der Waals surface area contributed by atoms with Crippen molar-refractivity contribution < 1.29 is 28.7 Å².